The second-order valence-electron chi connectivity index (χ2n) is 3.16. The molecule has 0 amide bonds. The van der Waals surface area contributed by atoms with Crippen LogP contribution in [0.5, 0.6) is 0 Å². The second-order valence-corrected chi connectivity index (χ2v) is 3.16. The molecule has 3 nitrogen and oxygen atoms in total. The molecule has 0 aliphatic heterocycles. The Kier molecular flexibility index (Phi) is 4.40. The summed E-state index contributed by atoms with van der Waals surface area (Å²) in [6.45, 7) is 3.90. The first kappa shape index (κ1) is 11.0. The monoisotopic (exact) mass is 171 g/mol. The lowest BCUT2D eigenvalue weighted by atomic mass is 9.99. The van der Waals surface area contributed by atoms with Crippen LogP contribution in [0.15, 0.2) is 11.8 Å². The molecule has 0 spiro atoms. The Morgan fingerprint density at radius 1 is 1.58 bits per heavy atom. The predicted octanol–water partition coefficient (Wildman–Crippen LogP) is 1.56. The molecular formula is C9H17NO2. The molecule has 0 heterocycles. The van der Waals surface area contributed by atoms with E-state index in [0.717, 1.165) is 6.42 Å². The van der Waals surface area contributed by atoms with Crippen molar-refractivity contribution in [2.45, 2.75) is 20.3 Å². The van der Waals surface area contributed by atoms with Crippen LogP contribution in [0, 0.1) is 5.92 Å². The minimum absolute atomic E-state index is 0.116. The molecule has 0 saturated carbocycles. The smallest absolute Gasteiger partial charge is 0.333 e. The summed E-state index contributed by atoms with van der Waals surface area (Å²) in [5, 5.41) is 8.83. The van der Waals surface area contributed by atoms with E-state index in [4.69, 9.17) is 5.11 Å². The van der Waals surface area contributed by atoms with E-state index in [-0.39, 0.29) is 5.92 Å². The van der Waals surface area contributed by atoms with Crippen molar-refractivity contribution in [1.29, 1.82) is 0 Å². The number of hydrogen-bond acceptors (Lipinski definition) is 2. The molecule has 12 heavy (non-hydrogen) atoms. The molecule has 1 unspecified atom stereocenters. The summed E-state index contributed by atoms with van der Waals surface area (Å²) in [4.78, 5) is 12.5. The van der Waals surface area contributed by atoms with Crippen molar-refractivity contribution >= 4 is 5.97 Å². The molecule has 0 aromatic heterocycles. The topological polar surface area (TPSA) is 40.5 Å². The molecule has 70 valence electrons. The van der Waals surface area contributed by atoms with E-state index in [1.54, 1.807) is 11.1 Å². The van der Waals surface area contributed by atoms with Gasteiger partial charge < -0.3 is 10.0 Å². The van der Waals surface area contributed by atoms with Crippen molar-refractivity contribution in [2.24, 2.45) is 5.92 Å². The Hall–Kier alpha value is -0.990. The third-order valence-electron chi connectivity index (χ3n) is 1.79. The molecule has 0 bridgehead atoms. The highest BCUT2D eigenvalue weighted by atomic mass is 16.4. The van der Waals surface area contributed by atoms with Crippen LogP contribution < -0.4 is 0 Å². The van der Waals surface area contributed by atoms with Crippen molar-refractivity contribution in [3.8, 4) is 0 Å². The van der Waals surface area contributed by atoms with Gasteiger partial charge in [-0.1, -0.05) is 13.8 Å². The van der Waals surface area contributed by atoms with Crippen LogP contribution in [0.25, 0.3) is 0 Å². The summed E-state index contributed by atoms with van der Waals surface area (Å²) in [6, 6.07) is 0. The van der Waals surface area contributed by atoms with E-state index in [2.05, 4.69) is 0 Å². The van der Waals surface area contributed by atoms with Gasteiger partial charge in [-0.15, -0.1) is 0 Å². The van der Waals surface area contributed by atoms with Crippen LogP contribution in [0.3, 0.4) is 0 Å². The van der Waals surface area contributed by atoms with Crippen LogP contribution in [-0.2, 0) is 4.79 Å². The number of carbonyl (C=O) groups is 1. The highest BCUT2D eigenvalue weighted by Gasteiger charge is 2.14. The Morgan fingerprint density at radius 3 is 2.33 bits per heavy atom. The Morgan fingerprint density at radius 2 is 2.08 bits per heavy atom. The van der Waals surface area contributed by atoms with E-state index >= 15 is 0 Å². The molecule has 3 heteroatoms. The van der Waals surface area contributed by atoms with Crippen molar-refractivity contribution in [3.05, 3.63) is 11.8 Å². The van der Waals surface area contributed by atoms with Gasteiger partial charge in [0.05, 0.1) is 5.57 Å². The Labute approximate surface area is 73.7 Å². The Balaban J connectivity index is 4.54. The average molecular weight is 171 g/mol. The third-order valence-corrected chi connectivity index (χ3v) is 1.79. The van der Waals surface area contributed by atoms with Gasteiger partial charge in [0.1, 0.15) is 0 Å². The van der Waals surface area contributed by atoms with Gasteiger partial charge in [-0.2, -0.15) is 0 Å². The fraction of sp³-hybridized carbons (Fsp3) is 0.667. The SMILES string of the molecule is CCC(C)C(=CN(C)C)C(=O)O. The zero-order chi connectivity index (χ0) is 9.72. The van der Waals surface area contributed by atoms with Crippen LogP contribution in [0.1, 0.15) is 20.3 Å². The van der Waals surface area contributed by atoms with Gasteiger partial charge in [0.2, 0.25) is 0 Å². The molecule has 1 N–H and O–H groups in total. The summed E-state index contributed by atoms with van der Waals surface area (Å²) >= 11 is 0. The summed E-state index contributed by atoms with van der Waals surface area (Å²) in [6.07, 6.45) is 2.52. The molecule has 0 aromatic rings. The lowest BCUT2D eigenvalue weighted by Gasteiger charge is -2.13. The first-order valence-electron chi connectivity index (χ1n) is 4.10. The standard InChI is InChI=1S/C9H17NO2/c1-5-7(2)8(9(11)12)6-10(3)4/h6-7H,5H2,1-4H3,(H,11,12). The first-order valence-corrected chi connectivity index (χ1v) is 4.10. The number of hydrogen-bond donors (Lipinski definition) is 1. The van der Waals surface area contributed by atoms with Gasteiger partial charge in [0.15, 0.2) is 0 Å². The Bertz CT molecular complexity index is 185. The van der Waals surface area contributed by atoms with E-state index in [1.165, 1.54) is 0 Å². The number of carboxylic acids is 1. The van der Waals surface area contributed by atoms with E-state index in [9.17, 15) is 4.79 Å². The maximum Gasteiger partial charge on any atom is 0.333 e. The van der Waals surface area contributed by atoms with Crippen molar-refractivity contribution in [2.75, 3.05) is 14.1 Å². The number of nitrogens with zero attached hydrogens (tertiary/aromatic N) is 1. The normalized spacial score (nSPS) is 14.2. The molecule has 0 aliphatic carbocycles. The van der Waals surface area contributed by atoms with Gasteiger partial charge in [-0.05, 0) is 12.3 Å². The molecule has 1 atom stereocenters. The fourth-order valence-electron chi connectivity index (χ4n) is 0.891. The number of carboxylic acid groups (broad SMARTS) is 1. The van der Waals surface area contributed by atoms with Crippen LogP contribution in [0.2, 0.25) is 0 Å². The summed E-state index contributed by atoms with van der Waals surface area (Å²) in [5.41, 5.74) is 0.475. The van der Waals surface area contributed by atoms with Crippen LogP contribution in [0.4, 0.5) is 0 Å². The number of rotatable bonds is 4. The molecule has 0 rings (SSSR count). The van der Waals surface area contributed by atoms with Gasteiger partial charge >= 0.3 is 5.97 Å². The molecular weight excluding hydrogens is 154 g/mol. The van der Waals surface area contributed by atoms with Crippen LogP contribution in [-0.4, -0.2) is 30.1 Å². The van der Waals surface area contributed by atoms with Gasteiger partial charge in [0.25, 0.3) is 0 Å². The minimum Gasteiger partial charge on any atom is -0.478 e. The fourth-order valence-corrected chi connectivity index (χ4v) is 0.891. The van der Waals surface area contributed by atoms with E-state index in [1.807, 2.05) is 27.9 Å². The third kappa shape index (κ3) is 3.42. The summed E-state index contributed by atoms with van der Waals surface area (Å²) < 4.78 is 0. The maximum absolute atomic E-state index is 10.7. The summed E-state index contributed by atoms with van der Waals surface area (Å²) in [5.74, 6) is -0.706. The zero-order valence-electron chi connectivity index (χ0n) is 8.16. The van der Waals surface area contributed by atoms with Crippen LogP contribution >= 0.6 is 0 Å². The average Bonchev–Trinajstić information content (AvgIpc) is 1.98. The number of aliphatic carboxylic acids is 1. The molecule has 0 aliphatic rings. The van der Waals surface area contributed by atoms with Crippen molar-refractivity contribution in [3.63, 3.8) is 0 Å². The lowest BCUT2D eigenvalue weighted by molar-refractivity contribution is -0.133. The van der Waals surface area contributed by atoms with Gasteiger partial charge in [0, 0.05) is 20.3 Å². The van der Waals surface area contributed by atoms with E-state index in [0.29, 0.717) is 5.57 Å². The highest BCUT2D eigenvalue weighted by molar-refractivity contribution is 5.86. The second kappa shape index (κ2) is 4.80. The minimum atomic E-state index is -0.821. The maximum atomic E-state index is 10.7. The molecule has 0 fully saturated rings. The highest BCUT2D eigenvalue weighted by Crippen LogP contribution is 2.14. The lowest BCUT2D eigenvalue weighted by Crippen LogP contribution is -2.14. The molecule has 0 saturated heterocycles. The quantitative estimate of drug-likeness (QED) is 0.652. The first-order chi connectivity index (χ1) is 5.49. The van der Waals surface area contributed by atoms with Crippen molar-refractivity contribution in [1.82, 2.24) is 4.90 Å². The largest absolute Gasteiger partial charge is 0.478 e. The van der Waals surface area contributed by atoms with Crippen molar-refractivity contribution < 1.29 is 9.90 Å². The van der Waals surface area contributed by atoms with Gasteiger partial charge in [-0.3, -0.25) is 0 Å². The van der Waals surface area contributed by atoms with Gasteiger partial charge in [-0.25, -0.2) is 4.79 Å². The molecule has 0 aromatic carbocycles. The predicted molar refractivity (Wildman–Crippen MR) is 48.9 cm³/mol. The van der Waals surface area contributed by atoms with E-state index < -0.39 is 5.97 Å². The zero-order valence-corrected chi connectivity index (χ0v) is 8.16. The summed E-state index contributed by atoms with van der Waals surface area (Å²) in [7, 11) is 3.65. The molecule has 0 radical (unpaired) electrons.